The summed E-state index contributed by atoms with van der Waals surface area (Å²) in [4.78, 5) is 42.6. The van der Waals surface area contributed by atoms with E-state index in [4.69, 9.17) is 4.74 Å². The number of hydrogen-bond donors (Lipinski definition) is 5. The maximum atomic E-state index is 13.0. The molecule has 2 amide bonds. The number of halogens is 1. The van der Waals surface area contributed by atoms with Gasteiger partial charge in [0.1, 0.15) is 11.4 Å². The lowest BCUT2D eigenvalue weighted by Gasteiger charge is -2.26. The largest absolute Gasteiger partial charge is 0.493 e. The lowest BCUT2D eigenvalue weighted by molar-refractivity contribution is 0.0985. The number of piperazine rings is 1. The summed E-state index contributed by atoms with van der Waals surface area (Å²) < 4.78 is 6.75. The molecule has 0 aliphatic carbocycles. The molecule has 1 aliphatic rings. The van der Waals surface area contributed by atoms with Crippen LogP contribution in [-0.2, 0) is 0 Å². The third-order valence-corrected chi connectivity index (χ3v) is 6.80. The molecule has 198 valence electrons. The fraction of sp³-hybridized carbons (Fsp3) is 0.308. The number of imidazole rings is 2. The van der Waals surface area contributed by atoms with Gasteiger partial charge in [-0.3, -0.25) is 14.9 Å². The predicted octanol–water partition coefficient (Wildman–Crippen LogP) is 3.54. The van der Waals surface area contributed by atoms with Crippen LogP contribution >= 0.6 is 15.9 Å². The quantitative estimate of drug-likeness (QED) is 0.191. The minimum Gasteiger partial charge on any atom is -0.493 e. The molecule has 1 saturated heterocycles. The molecular weight excluding hydrogens is 552 g/mol. The number of nitrogens with one attached hydrogen (secondary N) is 5. The van der Waals surface area contributed by atoms with Crippen LogP contribution in [0.15, 0.2) is 47.2 Å². The van der Waals surface area contributed by atoms with Crippen LogP contribution in [0.4, 0.5) is 11.6 Å². The van der Waals surface area contributed by atoms with Gasteiger partial charge < -0.3 is 30.2 Å². The van der Waals surface area contributed by atoms with Gasteiger partial charge in [0.05, 0.1) is 24.0 Å². The zero-order chi connectivity index (χ0) is 26.5. The van der Waals surface area contributed by atoms with Crippen LogP contribution in [0, 0.1) is 6.92 Å². The van der Waals surface area contributed by atoms with Crippen molar-refractivity contribution in [3.8, 4) is 5.75 Å². The van der Waals surface area contributed by atoms with E-state index in [1.165, 1.54) is 6.33 Å². The summed E-state index contributed by atoms with van der Waals surface area (Å²) in [6.07, 6.45) is 2.26. The van der Waals surface area contributed by atoms with Gasteiger partial charge in [-0.2, -0.15) is 0 Å². The number of anilines is 2. The third-order valence-electron chi connectivity index (χ3n) is 6.31. The Morgan fingerprint density at radius 2 is 1.95 bits per heavy atom. The normalized spacial score (nSPS) is 13.9. The van der Waals surface area contributed by atoms with Gasteiger partial charge in [0.2, 0.25) is 5.95 Å². The van der Waals surface area contributed by atoms with Crippen LogP contribution in [0.2, 0.25) is 0 Å². The topological polar surface area (TPSA) is 140 Å². The Bertz CT molecular complexity index is 1440. The van der Waals surface area contributed by atoms with Crippen LogP contribution in [0.25, 0.3) is 11.0 Å². The van der Waals surface area contributed by atoms with E-state index in [9.17, 15) is 9.59 Å². The van der Waals surface area contributed by atoms with E-state index in [1.807, 2.05) is 37.3 Å². The number of H-pyrrole nitrogens is 2. The molecule has 0 saturated carbocycles. The van der Waals surface area contributed by atoms with Gasteiger partial charge in [-0.15, -0.1) is 0 Å². The summed E-state index contributed by atoms with van der Waals surface area (Å²) in [6.45, 7) is 7.74. The number of hydrogen-bond acceptors (Lipinski definition) is 7. The minimum atomic E-state index is -0.540. The zero-order valence-electron chi connectivity index (χ0n) is 20.9. The average Bonchev–Trinajstić information content (AvgIpc) is 3.56. The number of aromatic amines is 2. The molecular formula is C26H29BrN8O3. The van der Waals surface area contributed by atoms with E-state index >= 15 is 0 Å². The molecule has 5 rings (SSSR count). The molecule has 0 bridgehead atoms. The Hall–Kier alpha value is -3.74. The van der Waals surface area contributed by atoms with Gasteiger partial charge in [-0.1, -0.05) is 22.0 Å². The first-order chi connectivity index (χ1) is 18.5. The molecule has 5 N–H and O–H groups in total. The molecule has 1 fully saturated rings. The van der Waals surface area contributed by atoms with Crippen molar-refractivity contribution in [2.24, 2.45) is 0 Å². The zero-order valence-corrected chi connectivity index (χ0v) is 22.5. The highest BCUT2D eigenvalue weighted by atomic mass is 79.9. The number of aromatic nitrogens is 4. The number of amides is 2. The Morgan fingerprint density at radius 1 is 1.11 bits per heavy atom. The number of carbonyl (C=O) groups excluding carboxylic acids is 2. The molecule has 11 nitrogen and oxygen atoms in total. The minimum absolute atomic E-state index is 0.0190. The molecule has 38 heavy (non-hydrogen) atoms. The Kier molecular flexibility index (Phi) is 8.01. The number of aryl methyl sites for hydroxylation is 1. The van der Waals surface area contributed by atoms with Crippen LogP contribution < -0.4 is 20.7 Å². The second-order valence-corrected chi connectivity index (χ2v) is 9.97. The van der Waals surface area contributed by atoms with Crippen LogP contribution in [0.1, 0.15) is 33.0 Å². The summed E-state index contributed by atoms with van der Waals surface area (Å²) in [6, 6.07) is 11.1. The molecule has 0 spiro atoms. The van der Waals surface area contributed by atoms with Gasteiger partial charge in [-0.25, -0.2) is 9.97 Å². The first-order valence-corrected chi connectivity index (χ1v) is 13.2. The molecule has 1 aliphatic heterocycles. The van der Waals surface area contributed by atoms with Gasteiger partial charge >= 0.3 is 0 Å². The Balaban J connectivity index is 1.19. The van der Waals surface area contributed by atoms with E-state index in [-0.39, 0.29) is 17.3 Å². The van der Waals surface area contributed by atoms with Crippen molar-refractivity contribution in [3.05, 3.63) is 64.1 Å². The van der Waals surface area contributed by atoms with E-state index in [0.29, 0.717) is 17.8 Å². The van der Waals surface area contributed by atoms with Crippen molar-refractivity contribution in [2.45, 2.75) is 13.3 Å². The monoisotopic (exact) mass is 580 g/mol. The fourth-order valence-electron chi connectivity index (χ4n) is 4.27. The van der Waals surface area contributed by atoms with Crippen molar-refractivity contribution in [2.75, 3.05) is 50.0 Å². The molecule has 12 heteroatoms. The standard InChI is InChI=1S/C26H29BrN8O3/c1-16-3-4-17(27)13-20(16)31-24(36)22-23(30-15-29-22)25(37)34-26-32-19-6-5-18(14-21(19)33-26)38-12-2-9-35-10-7-28-8-11-35/h3-6,13-15,28H,2,7-12H2,1H3,(H,29,30)(H,31,36)(H2,32,33,34,37). The van der Waals surface area contributed by atoms with Gasteiger partial charge in [0.25, 0.3) is 11.8 Å². The maximum absolute atomic E-state index is 13.0. The van der Waals surface area contributed by atoms with Crippen LogP contribution in [0.5, 0.6) is 5.75 Å². The number of carbonyl (C=O) groups is 2. The van der Waals surface area contributed by atoms with Gasteiger partial charge in [0, 0.05) is 49.0 Å². The highest BCUT2D eigenvalue weighted by molar-refractivity contribution is 9.10. The second-order valence-electron chi connectivity index (χ2n) is 9.05. The van der Waals surface area contributed by atoms with E-state index in [0.717, 1.165) is 60.4 Å². The molecule has 0 unspecified atom stereocenters. The van der Waals surface area contributed by atoms with Crippen LogP contribution in [-0.4, -0.2) is 76.0 Å². The average molecular weight is 581 g/mol. The first-order valence-electron chi connectivity index (χ1n) is 12.4. The van der Waals surface area contributed by atoms with E-state index < -0.39 is 11.8 Å². The SMILES string of the molecule is Cc1ccc(Br)cc1NC(=O)c1nc[nH]c1C(=O)Nc1nc2ccc(OCCCN3CCNCC3)cc2[nH]1. The summed E-state index contributed by atoms with van der Waals surface area (Å²) in [5, 5.41) is 8.87. The second kappa shape index (κ2) is 11.8. The number of rotatable bonds is 9. The van der Waals surface area contributed by atoms with E-state index in [1.54, 1.807) is 6.07 Å². The third kappa shape index (κ3) is 6.21. The summed E-state index contributed by atoms with van der Waals surface area (Å²) in [5.41, 5.74) is 2.93. The highest BCUT2D eigenvalue weighted by Crippen LogP contribution is 2.23. The van der Waals surface area contributed by atoms with Crippen molar-refractivity contribution in [1.29, 1.82) is 0 Å². The van der Waals surface area contributed by atoms with Crippen LogP contribution in [0.3, 0.4) is 0 Å². The number of fused-ring (bicyclic) bond motifs is 1. The summed E-state index contributed by atoms with van der Waals surface area (Å²) in [7, 11) is 0. The van der Waals surface area contributed by atoms with Crippen molar-refractivity contribution >= 4 is 50.4 Å². The van der Waals surface area contributed by atoms with E-state index in [2.05, 4.69) is 56.7 Å². The summed E-state index contributed by atoms with van der Waals surface area (Å²) in [5.74, 6) is -0.0534. The smallest absolute Gasteiger partial charge is 0.276 e. The Labute approximate surface area is 227 Å². The lowest BCUT2D eigenvalue weighted by atomic mass is 10.2. The Morgan fingerprint density at radius 3 is 2.79 bits per heavy atom. The van der Waals surface area contributed by atoms with Gasteiger partial charge in [0.15, 0.2) is 5.69 Å². The molecule has 4 aromatic rings. The number of ether oxygens (including phenoxy) is 1. The molecule has 0 radical (unpaired) electrons. The molecule has 0 atom stereocenters. The summed E-state index contributed by atoms with van der Waals surface area (Å²) >= 11 is 3.40. The van der Waals surface area contributed by atoms with Crippen molar-refractivity contribution in [1.82, 2.24) is 30.2 Å². The molecule has 2 aromatic heterocycles. The number of nitrogens with zero attached hydrogens (tertiary/aromatic N) is 3. The molecule has 2 aromatic carbocycles. The van der Waals surface area contributed by atoms with Gasteiger partial charge in [-0.05, 0) is 43.2 Å². The van der Waals surface area contributed by atoms with Crippen molar-refractivity contribution in [3.63, 3.8) is 0 Å². The molecule has 3 heterocycles. The first kappa shape index (κ1) is 25.9. The highest BCUT2D eigenvalue weighted by Gasteiger charge is 2.22. The van der Waals surface area contributed by atoms with Crippen molar-refractivity contribution < 1.29 is 14.3 Å². The lowest BCUT2D eigenvalue weighted by Crippen LogP contribution is -2.43. The predicted molar refractivity (Wildman–Crippen MR) is 149 cm³/mol. The number of benzene rings is 2. The maximum Gasteiger partial charge on any atom is 0.276 e. The fourth-order valence-corrected chi connectivity index (χ4v) is 4.63.